The highest BCUT2D eigenvalue weighted by Crippen LogP contribution is 2.07. The lowest BCUT2D eigenvalue weighted by Crippen LogP contribution is -3.05. The molecule has 2 nitrogen and oxygen atoms in total. The largest absolute Gasteiger partial charge is 0.340 e. The smallest absolute Gasteiger partial charge is 0.0782 e. The first-order chi connectivity index (χ1) is 8.48. The van der Waals surface area contributed by atoms with Gasteiger partial charge >= 0.3 is 0 Å². The molecular formula is C16H40N2+2. The van der Waals surface area contributed by atoms with Crippen LogP contribution in [0.3, 0.4) is 0 Å². The van der Waals surface area contributed by atoms with Crippen molar-refractivity contribution in [3.63, 3.8) is 0 Å². The third kappa shape index (κ3) is 15.9. The Morgan fingerprint density at radius 3 is 1.78 bits per heavy atom. The minimum Gasteiger partial charge on any atom is -0.340 e. The lowest BCUT2D eigenvalue weighted by molar-refractivity contribution is -0.890. The van der Waals surface area contributed by atoms with Gasteiger partial charge in [-0.1, -0.05) is 27.2 Å². The van der Waals surface area contributed by atoms with Crippen molar-refractivity contribution in [3.8, 4) is 0 Å². The molecule has 0 aliphatic carbocycles. The van der Waals surface area contributed by atoms with Crippen LogP contribution in [0.2, 0.25) is 0 Å². The van der Waals surface area contributed by atoms with Crippen LogP contribution in [0.15, 0.2) is 0 Å². The first-order valence-electron chi connectivity index (χ1n) is 8.09. The number of nitrogens with zero attached hydrogens (tertiary/aromatic N) is 1. The fourth-order valence-electron chi connectivity index (χ4n) is 2.27. The predicted molar refractivity (Wildman–Crippen MR) is 84.2 cm³/mol. The van der Waals surface area contributed by atoms with E-state index in [0.29, 0.717) is 0 Å². The standard InChI is InChI=1S/C14H33N2.C2H6/c1-6-13-16(4,5)14-11-9-7-8-10-12-15(2)3;1-2/h6-14H2,1-5H3;1-2H3/q+1;/p+1. The van der Waals surface area contributed by atoms with Crippen LogP contribution in [-0.2, 0) is 0 Å². The van der Waals surface area contributed by atoms with Crippen molar-refractivity contribution in [2.24, 2.45) is 0 Å². The van der Waals surface area contributed by atoms with Crippen LogP contribution in [0.25, 0.3) is 0 Å². The summed E-state index contributed by atoms with van der Waals surface area (Å²) in [5.41, 5.74) is 0. The monoisotopic (exact) mass is 260 g/mol. The normalized spacial score (nSPS) is 11.3. The molecule has 0 aromatic carbocycles. The van der Waals surface area contributed by atoms with Gasteiger partial charge in [0.25, 0.3) is 0 Å². The van der Waals surface area contributed by atoms with Crippen molar-refractivity contribution in [2.45, 2.75) is 59.3 Å². The molecule has 18 heavy (non-hydrogen) atoms. The summed E-state index contributed by atoms with van der Waals surface area (Å²) in [6, 6.07) is 0. The summed E-state index contributed by atoms with van der Waals surface area (Å²) in [6.45, 7) is 10.3. The van der Waals surface area contributed by atoms with E-state index in [1.54, 1.807) is 4.90 Å². The highest BCUT2D eigenvalue weighted by Gasteiger charge is 2.11. The molecule has 0 saturated carbocycles. The maximum atomic E-state index is 2.36. The SMILES string of the molecule is CC.CCC[N+](C)(C)CCCCCCC[NH+](C)C. The summed E-state index contributed by atoms with van der Waals surface area (Å²) in [5, 5.41) is 0. The first kappa shape index (κ1) is 20.2. The zero-order valence-electron chi connectivity index (χ0n) is 14.3. The van der Waals surface area contributed by atoms with Crippen LogP contribution in [0.5, 0.6) is 0 Å². The van der Waals surface area contributed by atoms with Crippen molar-refractivity contribution in [1.82, 2.24) is 0 Å². The molecule has 0 unspecified atom stereocenters. The van der Waals surface area contributed by atoms with E-state index in [2.05, 4.69) is 35.1 Å². The lowest BCUT2D eigenvalue weighted by Gasteiger charge is -2.29. The Balaban J connectivity index is 0. The second kappa shape index (κ2) is 13.4. The summed E-state index contributed by atoms with van der Waals surface area (Å²) >= 11 is 0. The molecule has 0 bridgehead atoms. The average Bonchev–Trinajstić information content (AvgIpc) is 2.30. The summed E-state index contributed by atoms with van der Waals surface area (Å²) < 4.78 is 1.21. The van der Waals surface area contributed by atoms with Gasteiger partial charge in [0.2, 0.25) is 0 Å². The second-order valence-corrected chi connectivity index (χ2v) is 6.11. The van der Waals surface area contributed by atoms with E-state index in [1.807, 2.05) is 13.8 Å². The molecule has 0 saturated heterocycles. The minimum atomic E-state index is 1.21. The van der Waals surface area contributed by atoms with E-state index in [-0.39, 0.29) is 0 Å². The van der Waals surface area contributed by atoms with Gasteiger partial charge in [0.1, 0.15) is 0 Å². The van der Waals surface area contributed by atoms with Gasteiger partial charge in [0, 0.05) is 0 Å². The molecule has 0 aromatic heterocycles. The van der Waals surface area contributed by atoms with Crippen molar-refractivity contribution in [3.05, 3.63) is 0 Å². The van der Waals surface area contributed by atoms with Gasteiger partial charge in [-0.05, 0) is 32.1 Å². The summed E-state index contributed by atoms with van der Waals surface area (Å²) in [6.07, 6.45) is 8.38. The molecule has 0 aliphatic heterocycles. The van der Waals surface area contributed by atoms with Gasteiger partial charge in [-0.15, -0.1) is 0 Å². The molecule has 0 radical (unpaired) electrons. The Labute approximate surface area is 117 Å². The van der Waals surface area contributed by atoms with Crippen molar-refractivity contribution >= 4 is 0 Å². The summed E-state index contributed by atoms with van der Waals surface area (Å²) in [7, 11) is 9.20. The van der Waals surface area contributed by atoms with Gasteiger partial charge in [-0.2, -0.15) is 0 Å². The third-order valence-electron chi connectivity index (χ3n) is 3.27. The van der Waals surface area contributed by atoms with E-state index in [9.17, 15) is 0 Å². The minimum absolute atomic E-state index is 1.21. The molecule has 0 aromatic rings. The van der Waals surface area contributed by atoms with Gasteiger partial charge < -0.3 is 9.38 Å². The fraction of sp³-hybridized carbons (Fsp3) is 1.00. The Morgan fingerprint density at radius 2 is 1.28 bits per heavy atom. The summed E-state index contributed by atoms with van der Waals surface area (Å²) in [4.78, 5) is 1.58. The molecule has 0 spiro atoms. The van der Waals surface area contributed by atoms with E-state index in [0.717, 1.165) is 0 Å². The Bertz CT molecular complexity index is 153. The van der Waals surface area contributed by atoms with Crippen LogP contribution in [0.1, 0.15) is 59.3 Å². The lowest BCUT2D eigenvalue weighted by atomic mass is 10.1. The van der Waals surface area contributed by atoms with Crippen LogP contribution in [-0.4, -0.2) is 52.3 Å². The molecule has 0 aliphatic rings. The maximum absolute atomic E-state index is 2.36. The van der Waals surface area contributed by atoms with Gasteiger partial charge in [0.05, 0.1) is 47.8 Å². The highest BCUT2D eigenvalue weighted by atomic mass is 15.3. The number of quaternary nitrogens is 2. The molecule has 1 N–H and O–H groups in total. The molecule has 0 rings (SSSR count). The van der Waals surface area contributed by atoms with E-state index < -0.39 is 0 Å². The van der Waals surface area contributed by atoms with Crippen LogP contribution < -0.4 is 4.90 Å². The van der Waals surface area contributed by atoms with Crippen molar-refractivity contribution in [1.29, 1.82) is 0 Å². The Kier molecular flexibility index (Phi) is 15.0. The van der Waals surface area contributed by atoms with Crippen LogP contribution in [0, 0.1) is 0 Å². The molecule has 0 atom stereocenters. The molecule has 0 fully saturated rings. The van der Waals surface area contributed by atoms with Gasteiger partial charge in [-0.3, -0.25) is 0 Å². The zero-order chi connectivity index (χ0) is 14.4. The Hall–Kier alpha value is -0.0800. The summed E-state index contributed by atoms with van der Waals surface area (Å²) in [5.74, 6) is 0. The molecular weight excluding hydrogens is 220 g/mol. The first-order valence-corrected chi connectivity index (χ1v) is 8.09. The molecule has 0 heterocycles. The van der Waals surface area contributed by atoms with E-state index >= 15 is 0 Å². The number of unbranched alkanes of at least 4 members (excludes halogenated alkanes) is 4. The van der Waals surface area contributed by atoms with Crippen LogP contribution >= 0.6 is 0 Å². The van der Waals surface area contributed by atoms with Crippen LogP contribution in [0.4, 0.5) is 0 Å². The second-order valence-electron chi connectivity index (χ2n) is 6.11. The third-order valence-corrected chi connectivity index (χ3v) is 3.27. The van der Waals surface area contributed by atoms with E-state index in [1.165, 1.54) is 62.6 Å². The molecule has 0 amide bonds. The number of rotatable bonds is 10. The fourth-order valence-corrected chi connectivity index (χ4v) is 2.27. The average molecular weight is 261 g/mol. The number of nitrogens with one attached hydrogen (secondary N) is 1. The van der Waals surface area contributed by atoms with E-state index in [4.69, 9.17) is 0 Å². The topological polar surface area (TPSA) is 4.44 Å². The van der Waals surface area contributed by atoms with Gasteiger partial charge in [-0.25, -0.2) is 0 Å². The maximum Gasteiger partial charge on any atom is 0.0782 e. The Morgan fingerprint density at radius 1 is 0.778 bits per heavy atom. The number of hydrogen-bond donors (Lipinski definition) is 1. The van der Waals surface area contributed by atoms with Gasteiger partial charge in [0.15, 0.2) is 0 Å². The van der Waals surface area contributed by atoms with Crippen molar-refractivity contribution < 1.29 is 9.38 Å². The number of hydrogen-bond acceptors (Lipinski definition) is 0. The highest BCUT2D eigenvalue weighted by molar-refractivity contribution is 4.44. The van der Waals surface area contributed by atoms with Crippen molar-refractivity contribution in [2.75, 3.05) is 47.8 Å². The predicted octanol–water partition coefficient (Wildman–Crippen LogP) is 2.59. The molecule has 2 heteroatoms. The zero-order valence-corrected chi connectivity index (χ0v) is 14.3. The quantitative estimate of drug-likeness (QED) is 0.455. The molecule has 112 valence electrons.